The zero-order valence-corrected chi connectivity index (χ0v) is 12.1. The fourth-order valence-corrected chi connectivity index (χ4v) is 4.25. The lowest BCUT2D eigenvalue weighted by molar-refractivity contribution is -0.149. The van der Waals surface area contributed by atoms with Crippen molar-refractivity contribution >= 4 is 17.7 Å². The molecule has 2 aliphatic rings. The van der Waals surface area contributed by atoms with E-state index in [4.69, 9.17) is 10.5 Å². The summed E-state index contributed by atoms with van der Waals surface area (Å²) < 4.78 is 5.15. The monoisotopic (exact) mass is 271 g/mol. The number of nitrogens with two attached hydrogens (primary N) is 1. The Labute approximate surface area is 114 Å². The van der Waals surface area contributed by atoms with E-state index in [9.17, 15) is 4.79 Å². The normalized spacial score (nSPS) is 23.9. The van der Waals surface area contributed by atoms with Gasteiger partial charge in [0.25, 0.3) is 0 Å². The van der Waals surface area contributed by atoms with Crippen molar-refractivity contribution < 1.29 is 9.53 Å². The van der Waals surface area contributed by atoms with Gasteiger partial charge in [-0.15, -0.1) is 0 Å². The Hall–Kier alpha value is -0.220. The minimum Gasteiger partial charge on any atom is -0.465 e. The quantitative estimate of drug-likeness (QED) is 0.723. The lowest BCUT2D eigenvalue weighted by atomic mass is 9.97. The summed E-state index contributed by atoms with van der Waals surface area (Å²) in [6.07, 6.45) is 7.62. The van der Waals surface area contributed by atoms with Gasteiger partial charge in [-0.2, -0.15) is 11.8 Å². The van der Waals surface area contributed by atoms with E-state index >= 15 is 0 Å². The molecule has 0 saturated heterocycles. The zero-order chi connectivity index (χ0) is 13.0. The fraction of sp³-hybridized carbons (Fsp3) is 0.929. The van der Waals surface area contributed by atoms with Crippen LogP contribution in [0.5, 0.6) is 0 Å². The summed E-state index contributed by atoms with van der Waals surface area (Å²) in [5, 5.41) is 0. The van der Waals surface area contributed by atoms with Crippen molar-refractivity contribution in [2.45, 2.75) is 51.0 Å². The number of rotatable bonds is 7. The first kappa shape index (κ1) is 14.2. The summed E-state index contributed by atoms with van der Waals surface area (Å²) in [4.78, 5) is 12.0. The fourth-order valence-electron chi connectivity index (χ4n) is 2.78. The number of esters is 1. The minimum absolute atomic E-state index is 0.188. The van der Waals surface area contributed by atoms with E-state index in [0.717, 1.165) is 30.3 Å². The van der Waals surface area contributed by atoms with Crippen LogP contribution in [0.25, 0.3) is 0 Å². The first-order valence-corrected chi connectivity index (χ1v) is 8.36. The van der Waals surface area contributed by atoms with E-state index in [1.807, 2.05) is 18.7 Å². The van der Waals surface area contributed by atoms with Gasteiger partial charge < -0.3 is 10.5 Å². The Morgan fingerprint density at radius 2 is 2.00 bits per heavy atom. The Morgan fingerprint density at radius 3 is 2.56 bits per heavy atom. The second-order valence-electron chi connectivity index (χ2n) is 5.70. The van der Waals surface area contributed by atoms with Crippen molar-refractivity contribution in [2.75, 3.05) is 18.1 Å². The molecule has 2 rings (SSSR count). The largest absolute Gasteiger partial charge is 0.465 e. The molecule has 0 heterocycles. The molecule has 0 bridgehead atoms. The van der Waals surface area contributed by atoms with Crippen LogP contribution in [0.2, 0.25) is 0 Å². The first-order valence-electron chi connectivity index (χ1n) is 7.20. The Balaban J connectivity index is 1.79. The molecule has 3 nitrogen and oxygen atoms in total. The van der Waals surface area contributed by atoms with Gasteiger partial charge in [-0.05, 0) is 50.2 Å². The third-order valence-electron chi connectivity index (χ3n) is 4.13. The topological polar surface area (TPSA) is 52.3 Å². The van der Waals surface area contributed by atoms with Gasteiger partial charge in [-0.25, -0.2) is 0 Å². The highest BCUT2D eigenvalue weighted by molar-refractivity contribution is 7.99. The van der Waals surface area contributed by atoms with Crippen molar-refractivity contribution in [2.24, 2.45) is 17.6 Å². The Morgan fingerprint density at radius 1 is 1.33 bits per heavy atom. The van der Waals surface area contributed by atoms with E-state index < -0.39 is 5.54 Å². The van der Waals surface area contributed by atoms with Crippen LogP contribution in [0.3, 0.4) is 0 Å². The van der Waals surface area contributed by atoms with Gasteiger partial charge in [0.1, 0.15) is 5.54 Å². The highest BCUT2D eigenvalue weighted by atomic mass is 32.2. The van der Waals surface area contributed by atoms with Gasteiger partial charge in [0.2, 0.25) is 0 Å². The average molecular weight is 271 g/mol. The molecule has 0 aromatic rings. The van der Waals surface area contributed by atoms with Crippen LogP contribution in [0.15, 0.2) is 0 Å². The molecule has 0 radical (unpaired) electrons. The molecule has 0 amide bonds. The van der Waals surface area contributed by atoms with Gasteiger partial charge >= 0.3 is 5.97 Å². The van der Waals surface area contributed by atoms with Crippen LogP contribution >= 0.6 is 11.8 Å². The van der Waals surface area contributed by atoms with Crippen molar-refractivity contribution in [3.63, 3.8) is 0 Å². The molecule has 1 atom stereocenters. The molecule has 18 heavy (non-hydrogen) atoms. The maximum atomic E-state index is 12.0. The highest BCUT2D eigenvalue weighted by Crippen LogP contribution is 2.41. The molecular formula is C14H25NO2S. The van der Waals surface area contributed by atoms with Crippen LogP contribution in [-0.4, -0.2) is 29.6 Å². The Kier molecular flexibility index (Phi) is 4.96. The van der Waals surface area contributed by atoms with Crippen molar-refractivity contribution in [3.05, 3.63) is 0 Å². The minimum atomic E-state index is -0.723. The van der Waals surface area contributed by atoms with E-state index in [2.05, 4.69) is 0 Å². The standard InChI is InChI=1S/C14H25NO2S/c1-2-17-13(16)14(15,12-7-8-12)10-18-9-11-5-3-4-6-11/h11-12H,2-10,15H2,1H3. The predicted molar refractivity (Wildman–Crippen MR) is 75.6 cm³/mol. The average Bonchev–Trinajstić information content (AvgIpc) is 3.09. The molecule has 2 N–H and O–H groups in total. The van der Waals surface area contributed by atoms with Crippen molar-refractivity contribution in [3.8, 4) is 0 Å². The summed E-state index contributed by atoms with van der Waals surface area (Å²) in [6.45, 7) is 2.27. The molecule has 104 valence electrons. The molecule has 4 heteroatoms. The number of carbonyl (C=O) groups is 1. The Bertz CT molecular complexity index is 288. The maximum Gasteiger partial charge on any atom is 0.327 e. The van der Waals surface area contributed by atoms with Gasteiger partial charge in [0.05, 0.1) is 6.61 Å². The molecule has 0 aliphatic heterocycles. The third kappa shape index (κ3) is 3.41. The number of ether oxygens (including phenoxy) is 1. The van der Waals surface area contributed by atoms with E-state index in [0.29, 0.717) is 12.5 Å². The van der Waals surface area contributed by atoms with Gasteiger partial charge in [-0.1, -0.05) is 12.8 Å². The zero-order valence-electron chi connectivity index (χ0n) is 11.3. The predicted octanol–water partition coefficient (Wildman–Crippen LogP) is 2.58. The van der Waals surface area contributed by atoms with Crippen LogP contribution in [0.1, 0.15) is 45.4 Å². The van der Waals surface area contributed by atoms with Crippen LogP contribution in [0.4, 0.5) is 0 Å². The smallest absolute Gasteiger partial charge is 0.327 e. The highest BCUT2D eigenvalue weighted by Gasteiger charge is 2.49. The van der Waals surface area contributed by atoms with Crippen LogP contribution in [-0.2, 0) is 9.53 Å². The summed E-state index contributed by atoms with van der Waals surface area (Å²) >= 11 is 1.85. The maximum absolute atomic E-state index is 12.0. The number of thioether (sulfide) groups is 1. The summed E-state index contributed by atoms with van der Waals surface area (Å²) in [6, 6.07) is 0. The third-order valence-corrected chi connectivity index (χ3v) is 5.52. The number of hydrogen-bond acceptors (Lipinski definition) is 4. The number of hydrogen-bond donors (Lipinski definition) is 1. The summed E-state index contributed by atoms with van der Waals surface area (Å²) in [7, 11) is 0. The number of carbonyl (C=O) groups excluding carboxylic acids is 1. The molecule has 2 saturated carbocycles. The lowest BCUT2D eigenvalue weighted by Gasteiger charge is -2.27. The van der Waals surface area contributed by atoms with Gasteiger partial charge in [0, 0.05) is 5.75 Å². The van der Waals surface area contributed by atoms with Crippen molar-refractivity contribution in [1.29, 1.82) is 0 Å². The van der Waals surface area contributed by atoms with Crippen molar-refractivity contribution in [1.82, 2.24) is 0 Å². The SMILES string of the molecule is CCOC(=O)C(N)(CSCC1CCCC1)C1CC1. The molecule has 2 aliphatic carbocycles. The second kappa shape index (κ2) is 6.29. The summed E-state index contributed by atoms with van der Waals surface area (Å²) in [5.41, 5.74) is 5.60. The van der Waals surface area contributed by atoms with Gasteiger partial charge in [0.15, 0.2) is 0 Å². The molecule has 1 unspecified atom stereocenters. The van der Waals surface area contributed by atoms with Gasteiger partial charge in [-0.3, -0.25) is 4.79 Å². The second-order valence-corrected chi connectivity index (χ2v) is 6.73. The first-order chi connectivity index (χ1) is 8.66. The van der Waals surface area contributed by atoms with Crippen LogP contribution in [0, 0.1) is 11.8 Å². The molecular weight excluding hydrogens is 246 g/mol. The van der Waals surface area contributed by atoms with E-state index in [-0.39, 0.29) is 5.97 Å². The molecule has 0 aromatic heterocycles. The molecule has 0 aromatic carbocycles. The molecule has 2 fully saturated rings. The van der Waals surface area contributed by atoms with E-state index in [1.165, 1.54) is 25.7 Å². The van der Waals surface area contributed by atoms with E-state index in [1.54, 1.807) is 0 Å². The lowest BCUT2D eigenvalue weighted by Crippen LogP contribution is -2.53. The van der Waals surface area contributed by atoms with Crippen LogP contribution < -0.4 is 5.73 Å². The molecule has 0 spiro atoms. The summed E-state index contributed by atoms with van der Waals surface area (Å²) in [5.74, 6) is 2.90.